The van der Waals surface area contributed by atoms with Crippen molar-refractivity contribution in [3.05, 3.63) is 89.7 Å². The van der Waals surface area contributed by atoms with Crippen molar-refractivity contribution in [1.82, 2.24) is 19.9 Å². The Balaban J connectivity index is 1.52. The van der Waals surface area contributed by atoms with E-state index in [0.717, 1.165) is 28.6 Å². The van der Waals surface area contributed by atoms with E-state index in [-0.39, 0.29) is 23.4 Å². The lowest BCUT2D eigenvalue weighted by Crippen LogP contribution is -2.23. The summed E-state index contributed by atoms with van der Waals surface area (Å²) in [6.45, 7) is 4.73. The summed E-state index contributed by atoms with van der Waals surface area (Å²) in [5.41, 5.74) is 0.0560. The van der Waals surface area contributed by atoms with Gasteiger partial charge in [-0.05, 0) is 48.4 Å². The molecule has 0 unspecified atom stereocenters. The molecule has 0 radical (unpaired) electrons. The summed E-state index contributed by atoms with van der Waals surface area (Å²) in [6, 6.07) is 18.9. The standard InChI is InChI=1S/C29H25F3N4O3/c1-3-38-24-13-12-18(14-25(24)39-4-2)16-33-28(37)22-17-34-36-26(29(30,31)32)15-23(35-27(22)36)21-11-7-9-19-8-5-6-10-20(19)21/h5-15,17H,3-4,16H2,1-2H3,(H,33,37). The monoisotopic (exact) mass is 534 g/mol. The fourth-order valence-electron chi connectivity index (χ4n) is 4.39. The molecule has 2 aromatic heterocycles. The van der Waals surface area contributed by atoms with Crippen LogP contribution >= 0.6 is 0 Å². The number of amides is 1. The number of halogens is 3. The number of hydrogen-bond donors (Lipinski definition) is 1. The molecule has 3 aromatic carbocycles. The van der Waals surface area contributed by atoms with Gasteiger partial charge in [-0.2, -0.15) is 18.3 Å². The van der Waals surface area contributed by atoms with Gasteiger partial charge in [0.25, 0.3) is 5.91 Å². The number of aromatic nitrogens is 3. The summed E-state index contributed by atoms with van der Waals surface area (Å²) in [5, 5.41) is 8.22. The molecule has 5 aromatic rings. The largest absolute Gasteiger partial charge is 0.490 e. The second-order valence-electron chi connectivity index (χ2n) is 8.67. The highest BCUT2D eigenvalue weighted by Gasteiger charge is 2.36. The van der Waals surface area contributed by atoms with E-state index in [1.807, 2.05) is 44.2 Å². The first-order valence-corrected chi connectivity index (χ1v) is 12.4. The van der Waals surface area contributed by atoms with Crippen molar-refractivity contribution in [3.63, 3.8) is 0 Å². The number of ether oxygens (including phenoxy) is 2. The van der Waals surface area contributed by atoms with Crippen molar-refractivity contribution in [3.8, 4) is 22.8 Å². The summed E-state index contributed by atoms with van der Waals surface area (Å²) < 4.78 is 54.1. The molecule has 0 bridgehead atoms. The maximum Gasteiger partial charge on any atom is 0.433 e. The number of carbonyl (C=O) groups excluding carboxylic acids is 1. The van der Waals surface area contributed by atoms with Crippen LogP contribution in [0.3, 0.4) is 0 Å². The zero-order valence-corrected chi connectivity index (χ0v) is 21.2. The van der Waals surface area contributed by atoms with E-state index in [1.165, 1.54) is 0 Å². The Kier molecular flexibility index (Phi) is 7.10. The molecule has 0 aliphatic carbocycles. The number of carbonyl (C=O) groups is 1. The van der Waals surface area contributed by atoms with Gasteiger partial charge in [0.15, 0.2) is 22.8 Å². The van der Waals surface area contributed by atoms with E-state index in [9.17, 15) is 18.0 Å². The first-order valence-electron chi connectivity index (χ1n) is 12.4. The maximum atomic E-state index is 14.1. The van der Waals surface area contributed by atoms with E-state index in [0.29, 0.717) is 34.8 Å². The number of hydrogen-bond acceptors (Lipinski definition) is 5. The highest BCUT2D eigenvalue weighted by atomic mass is 19.4. The van der Waals surface area contributed by atoms with Crippen LogP contribution < -0.4 is 14.8 Å². The number of nitrogens with zero attached hydrogens (tertiary/aromatic N) is 3. The van der Waals surface area contributed by atoms with Gasteiger partial charge in [0.2, 0.25) is 0 Å². The minimum Gasteiger partial charge on any atom is -0.490 e. The Bertz CT molecular complexity index is 1660. The highest BCUT2D eigenvalue weighted by molar-refractivity contribution is 6.00. The number of benzene rings is 3. The van der Waals surface area contributed by atoms with Gasteiger partial charge in [-0.15, -0.1) is 0 Å². The average Bonchev–Trinajstić information content (AvgIpc) is 3.36. The molecule has 10 heteroatoms. The lowest BCUT2D eigenvalue weighted by atomic mass is 10.0. The van der Waals surface area contributed by atoms with Crippen LogP contribution in [0.5, 0.6) is 11.5 Å². The van der Waals surface area contributed by atoms with Crippen LogP contribution in [-0.4, -0.2) is 33.7 Å². The molecule has 0 aliphatic rings. The van der Waals surface area contributed by atoms with Crippen LogP contribution in [0.25, 0.3) is 27.7 Å². The Morgan fingerprint density at radius 3 is 2.46 bits per heavy atom. The number of fused-ring (bicyclic) bond motifs is 2. The normalized spacial score (nSPS) is 11.6. The molecule has 1 amide bonds. The van der Waals surface area contributed by atoms with Crippen LogP contribution in [0.4, 0.5) is 13.2 Å². The molecule has 7 nitrogen and oxygen atoms in total. The SMILES string of the molecule is CCOc1ccc(CNC(=O)c2cnn3c(C(F)(F)F)cc(-c4cccc5ccccc45)nc23)cc1OCC. The maximum absolute atomic E-state index is 14.1. The highest BCUT2D eigenvalue weighted by Crippen LogP contribution is 2.35. The average molecular weight is 535 g/mol. The predicted octanol–water partition coefficient (Wildman–Crippen LogP) is 6.30. The van der Waals surface area contributed by atoms with Gasteiger partial charge in [0.05, 0.1) is 25.1 Å². The van der Waals surface area contributed by atoms with Gasteiger partial charge >= 0.3 is 6.18 Å². The van der Waals surface area contributed by atoms with Crippen molar-refractivity contribution in [1.29, 1.82) is 0 Å². The van der Waals surface area contributed by atoms with Crippen LogP contribution in [0, 0.1) is 0 Å². The van der Waals surface area contributed by atoms with Gasteiger partial charge < -0.3 is 14.8 Å². The van der Waals surface area contributed by atoms with Crippen molar-refractivity contribution in [2.45, 2.75) is 26.6 Å². The number of rotatable bonds is 8. The Morgan fingerprint density at radius 2 is 1.69 bits per heavy atom. The molecule has 2 heterocycles. The topological polar surface area (TPSA) is 77.8 Å². The quantitative estimate of drug-likeness (QED) is 0.253. The molecule has 0 saturated heterocycles. The molecule has 39 heavy (non-hydrogen) atoms. The third kappa shape index (κ3) is 5.22. The Morgan fingerprint density at radius 1 is 0.949 bits per heavy atom. The van der Waals surface area contributed by atoms with Crippen LogP contribution in [0.2, 0.25) is 0 Å². The van der Waals surface area contributed by atoms with Crippen molar-refractivity contribution < 1.29 is 27.4 Å². The van der Waals surface area contributed by atoms with Gasteiger partial charge in [-0.1, -0.05) is 48.5 Å². The van der Waals surface area contributed by atoms with E-state index >= 15 is 0 Å². The molecule has 0 fully saturated rings. The Hall–Kier alpha value is -4.60. The molecular formula is C29H25F3N4O3. The third-order valence-corrected chi connectivity index (χ3v) is 6.13. The fraction of sp³-hybridized carbons (Fsp3) is 0.207. The van der Waals surface area contributed by atoms with Crippen LogP contribution in [-0.2, 0) is 12.7 Å². The second kappa shape index (κ2) is 10.6. The van der Waals surface area contributed by atoms with Gasteiger partial charge in [-0.3, -0.25) is 4.79 Å². The molecular weight excluding hydrogens is 509 g/mol. The summed E-state index contributed by atoms with van der Waals surface area (Å²) in [7, 11) is 0. The van der Waals surface area contributed by atoms with Crippen molar-refractivity contribution in [2.75, 3.05) is 13.2 Å². The smallest absolute Gasteiger partial charge is 0.433 e. The van der Waals surface area contributed by atoms with E-state index in [1.54, 1.807) is 30.3 Å². The van der Waals surface area contributed by atoms with Gasteiger partial charge in [-0.25, -0.2) is 9.50 Å². The molecule has 0 saturated carbocycles. The summed E-state index contributed by atoms with van der Waals surface area (Å²) in [6.07, 6.45) is -3.62. The molecule has 1 N–H and O–H groups in total. The molecule has 200 valence electrons. The van der Waals surface area contributed by atoms with E-state index < -0.39 is 17.8 Å². The van der Waals surface area contributed by atoms with Crippen LogP contribution in [0.1, 0.15) is 35.5 Å². The molecule has 0 atom stereocenters. The first-order chi connectivity index (χ1) is 18.8. The lowest BCUT2D eigenvalue weighted by molar-refractivity contribution is -0.142. The first kappa shape index (κ1) is 26.0. The summed E-state index contributed by atoms with van der Waals surface area (Å²) in [5.74, 6) is 0.521. The van der Waals surface area contributed by atoms with E-state index in [4.69, 9.17) is 9.47 Å². The third-order valence-electron chi connectivity index (χ3n) is 6.13. The lowest BCUT2D eigenvalue weighted by Gasteiger charge is -2.13. The van der Waals surface area contributed by atoms with Crippen LogP contribution in [0.15, 0.2) is 72.9 Å². The number of alkyl halides is 3. The predicted molar refractivity (Wildman–Crippen MR) is 141 cm³/mol. The zero-order chi connectivity index (χ0) is 27.6. The molecule has 0 aliphatic heterocycles. The van der Waals surface area contributed by atoms with Gasteiger partial charge in [0.1, 0.15) is 5.56 Å². The second-order valence-corrected chi connectivity index (χ2v) is 8.67. The molecule has 0 spiro atoms. The van der Waals surface area contributed by atoms with Crippen molar-refractivity contribution in [2.24, 2.45) is 0 Å². The fourth-order valence-corrected chi connectivity index (χ4v) is 4.39. The summed E-state index contributed by atoms with van der Waals surface area (Å²) in [4.78, 5) is 17.6. The molecule has 5 rings (SSSR count). The summed E-state index contributed by atoms with van der Waals surface area (Å²) >= 11 is 0. The van der Waals surface area contributed by atoms with Gasteiger partial charge in [0, 0.05) is 12.1 Å². The van der Waals surface area contributed by atoms with Crippen molar-refractivity contribution >= 4 is 22.3 Å². The van der Waals surface area contributed by atoms with E-state index in [2.05, 4.69) is 15.4 Å². The number of nitrogens with one attached hydrogen (secondary N) is 1. The zero-order valence-electron chi connectivity index (χ0n) is 21.2. The minimum atomic E-state index is -4.72. The Labute approximate surface area is 222 Å². The minimum absolute atomic E-state index is 0.0708.